The van der Waals surface area contributed by atoms with Gasteiger partial charge in [0.05, 0.1) is 23.0 Å². The van der Waals surface area contributed by atoms with Crippen molar-refractivity contribution in [3.63, 3.8) is 0 Å². The van der Waals surface area contributed by atoms with Crippen molar-refractivity contribution >= 4 is 33.2 Å². The Kier molecular flexibility index (Phi) is 6.39. The fourth-order valence-corrected chi connectivity index (χ4v) is 7.50. The second kappa shape index (κ2) is 9.77. The van der Waals surface area contributed by atoms with E-state index in [2.05, 4.69) is 16.0 Å². The first kappa shape index (κ1) is 25.5. The summed E-state index contributed by atoms with van der Waals surface area (Å²) >= 11 is 0. The van der Waals surface area contributed by atoms with Gasteiger partial charge in [-0.15, -0.1) is 0 Å². The monoisotopic (exact) mass is 545 g/mol. The van der Waals surface area contributed by atoms with Gasteiger partial charge in [-0.3, -0.25) is 23.8 Å². The van der Waals surface area contributed by atoms with E-state index >= 15 is 0 Å². The minimum Gasteiger partial charge on any atom is -0.340 e. The third kappa shape index (κ3) is 4.37. The van der Waals surface area contributed by atoms with E-state index in [1.807, 2.05) is 35.2 Å². The van der Waals surface area contributed by atoms with E-state index in [0.717, 1.165) is 34.4 Å². The van der Waals surface area contributed by atoms with E-state index in [-0.39, 0.29) is 22.8 Å². The van der Waals surface area contributed by atoms with Gasteiger partial charge in [-0.05, 0) is 59.0 Å². The molecule has 1 saturated heterocycles. The molecule has 4 heterocycles. The van der Waals surface area contributed by atoms with Gasteiger partial charge in [0.2, 0.25) is 11.8 Å². The lowest BCUT2D eigenvalue weighted by molar-refractivity contribution is -0.132. The van der Waals surface area contributed by atoms with Gasteiger partial charge in [-0.2, -0.15) is 0 Å². The number of amides is 2. The number of fused-ring (bicyclic) bond motifs is 3. The van der Waals surface area contributed by atoms with Gasteiger partial charge in [-0.25, -0.2) is 8.42 Å². The van der Waals surface area contributed by atoms with E-state index < -0.39 is 10.0 Å². The summed E-state index contributed by atoms with van der Waals surface area (Å²) in [5, 5.41) is 0. The van der Waals surface area contributed by atoms with Gasteiger partial charge in [0.15, 0.2) is 0 Å². The molecule has 202 valence electrons. The Morgan fingerprint density at radius 1 is 0.923 bits per heavy atom. The third-order valence-electron chi connectivity index (χ3n) is 8.13. The molecule has 3 aliphatic heterocycles. The molecule has 1 unspecified atom stereocenters. The highest BCUT2D eigenvalue weighted by Gasteiger charge is 2.40. The highest BCUT2D eigenvalue weighted by Crippen LogP contribution is 2.46. The van der Waals surface area contributed by atoms with Crippen LogP contribution in [0.4, 0.5) is 11.4 Å². The van der Waals surface area contributed by atoms with Gasteiger partial charge >= 0.3 is 0 Å². The smallest absolute Gasteiger partial charge is 0.264 e. The van der Waals surface area contributed by atoms with Crippen LogP contribution < -0.4 is 9.21 Å². The summed E-state index contributed by atoms with van der Waals surface area (Å²) in [6.45, 7) is 4.47. The van der Waals surface area contributed by atoms with Crippen molar-refractivity contribution in [2.75, 3.05) is 49.0 Å². The largest absolute Gasteiger partial charge is 0.340 e. The molecule has 10 heteroatoms. The molecule has 3 aromatic rings. The number of anilines is 2. The van der Waals surface area contributed by atoms with Crippen LogP contribution in [0.3, 0.4) is 0 Å². The molecule has 0 N–H and O–H groups in total. The second-order valence-corrected chi connectivity index (χ2v) is 12.3. The number of hydrogen-bond donors (Lipinski definition) is 0. The zero-order valence-electron chi connectivity index (χ0n) is 22.1. The first-order valence-corrected chi connectivity index (χ1v) is 14.6. The maximum absolute atomic E-state index is 13.8. The van der Waals surface area contributed by atoms with Crippen LogP contribution in [0.1, 0.15) is 35.2 Å². The maximum Gasteiger partial charge on any atom is 0.264 e. The molecule has 1 fully saturated rings. The lowest BCUT2D eigenvalue weighted by Crippen LogP contribution is -2.50. The number of aromatic nitrogens is 1. The Labute approximate surface area is 228 Å². The number of pyridine rings is 1. The Morgan fingerprint density at radius 2 is 1.64 bits per heavy atom. The van der Waals surface area contributed by atoms with E-state index in [0.29, 0.717) is 44.8 Å². The molecule has 0 spiro atoms. The molecular weight excluding hydrogens is 514 g/mol. The van der Waals surface area contributed by atoms with E-state index in [1.54, 1.807) is 36.5 Å². The molecule has 9 nitrogen and oxygen atoms in total. The topological polar surface area (TPSA) is 94.1 Å². The quantitative estimate of drug-likeness (QED) is 0.502. The average molecular weight is 546 g/mol. The Hall–Kier alpha value is -3.76. The standard InChI is InChI=1S/C29H31N5O4S/c1-20(35)34-12-9-22-18-24-26(19-25(22)34)31(2)39(37,38)27-6-4-3-5-23(27)29(24)33-15-13-32(14-16-33)28(36)17-21-7-10-30-11-8-21/h3-8,10-11,18-19,29H,9,12-17H2,1-2H3. The summed E-state index contributed by atoms with van der Waals surface area (Å²) in [4.78, 5) is 35.5. The molecular formula is C29H31N5O4S. The van der Waals surface area contributed by atoms with Gasteiger partial charge in [-0.1, -0.05) is 18.2 Å². The fourth-order valence-electron chi connectivity index (χ4n) is 6.06. The van der Waals surface area contributed by atoms with Crippen LogP contribution in [0.5, 0.6) is 0 Å². The molecule has 0 radical (unpaired) electrons. The Morgan fingerprint density at radius 3 is 2.36 bits per heavy atom. The number of rotatable bonds is 3. The van der Waals surface area contributed by atoms with Crippen molar-refractivity contribution in [2.24, 2.45) is 0 Å². The second-order valence-electron chi connectivity index (χ2n) is 10.3. The average Bonchev–Trinajstić information content (AvgIpc) is 3.34. The molecule has 0 aliphatic carbocycles. The predicted octanol–water partition coefficient (Wildman–Crippen LogP) is 2.61. The van der Waals surface area contributed by atoms with Crippen molar-refractivity contribution in [3.8, 4) is 0 Å². The summed E-state index contributed by atoms with van der Waals surface area (Å²) in [7, 11) is -2.24. The number of hydrogen-bond acceptors (Lipinski definition) is 6. The predicted molar refractivity (Wildman–Crippen MR) is 148 cm³/mol. The van der Waals surface area contributed by atoms with Crippen LogP contribution >= 0.6 is 0 Å². The number of sulfonamides is 1. The van der Waals surface area contributed by atoms with Crippen LogP contribution in [-0.4, -0.2) is 74.8 Å². The molecule has 6 rings (SSSR count). The number of piperazine rings is 1. The molecule has 39 heavy (non-hydrogen) atoms. The zero-order valence-corrected chi connectivity index (χ0v) is 22.9. The number of carbonyl (C=O) groups excluding carboxylic acids is 2. The molecule has 1 aromatic heterocycles. The molecule has 2 aromatic carbocycles. The minimum atomic E-state index is -3.82. The van der Waals surface area contributed by atoms with Crippen LogP contribution in [0, 0.1) is 0 Å². The molecule has 3 aliphatic rings. The van der Waals surface area contributed by atoms with Crippen LogP contribution in [0.2, 0.25) is 0 Å². The minimum absolute atomic E-state index is 0.0553. The van der Waals surface area contributed by atoms with Gasteiger partial charge in [0.25, 0.3) is 10.0 Å². The number of benzene rings is 2. The lowest BCUT2D eigenvalue weighted by Gasteiger charge is -2.40. The van der Waals surface area contributed by atoms with E-state index in [1.165, 1.54) is 11.2 Å². The highest BCUT2D eigenvalue weighted by molar-refractivity contribution is 7.92. The van der Waals surface area contributed by atoms with Gasteiger partial charge in [0, 0.05) is 64.8 Å². The Bertz CT molecular complexity index is 1550. The van der Waals surface area contributed by atoms with Crippen molar-refractivity contribution < 1.29 is 18.0 Å². The normalized spacial score (nSPS) is 20.2. The van der Waals surface area contributed by atoms with Crippen LogP contribution in [0.15, 0.2) is 65.8 Å². The van der Waals surface area contributed by atoms with E-state index in [4.69, 9.17) is 0 Å². The first-order valence-electron chi connectivity index (χ1n) is 13.2. The van der Waals surface area contributed by atoms with Crippen molar-refractivity contribution in [1.29, 1.82) is 0 Å². The molecule has 0 saturated carbocycles. The molecule has 2 amide bonds. The summed E-state index contributed by atoms with van der Waals surface area (Å²) in [6, 6.07) is 14.6. The van der Waals surface area contributed by atoms with Crippen LogP contribution in [0.25, 0.3) is 0 Å². The third-order valence-corrected chi connectivity index (χ3v) is 9.97. The summed E-state index contributed by atoms with van der Waals surface area (Å²) in [5.74, 6) is 0.0206. The number of nitrogens with zero attached hydrogens (tertiary/aromatic N) is 5. The summed E-state index contributed by atoms with van der Waals surface area (Å²) in [6.07, 6.45) is 4.45. The van der Waals surface area contributed by atoms with E-state index in [9.17, 15) is 18.0 Å². The first-order chi connectivity index (χ1) is 18.8. The fraction of sp³-hybridized carbons (Fsp3) is 0.345. The van der Waals surface area contributed by atoms with Crippen molar-refractivity contribution in [3.05, 3.63) is 83.2 Å². The highest BCUT2D eigenvalue weighted by atomic mass is 32.2. The van der Waals surface area contributed by atoms with Gasteiger partial charge in [0.1, 0.15) is 0 Å². The Balaban J connectivity index is 1.37. The van der Waals surface area contributed by atoms with Crippen molar-refractivity contribution in [1.82, 2.24) is 14.8 Å². The molecule has 1 atom stereocenters. The van der Waals surface area contributed by atoms with Gasteiger partial charge < -0.3 is 9.80 Å². The zero-order chi connectivity index (χ0) is 27.3. The summed E-state index contributed by atoms with van der Waals surface area (Å²) in [5.41, 5.74) is 4.99. The SMILES string of the molecule is CC(=O)N1CCc2cc3c(cc21)N(C)S(=O)(=O)c1ccccc1C3N1CCN(C(=O)Cc2ccncc2)CC1. The molecule has 0 bridgehead atoms. The van der Waals surface area contributed by atoms with Crippen LogP contribution in [-0.2, 0) is 32.5 Å². The summed E-state index contributed by atoms with van der Waals surface area (Å²) < 4.78 is 29.0. The van der Waals surface area contributed by atoms with Crippen molar-refractivity contribution in [2.45, 2.75) is 30.7 Å². The maximum atomic E-state index is 13.8. The lowest BCUT2D eigenvalue weighted by atomic mass is 9.92. The number of carbonyl (C=O) groups is 2.